The van der Waals surface area contributed by atoms with E-state index in [0.717, 1.165) is 0 Å². The molecule has 0 amide bonds. The van der Waals surface area contributed by atoms with Crippen molar-refractivity contribution in [2.75, 3.05) is 0 Å². The van der Waals surface area contributed by atoms with Crippen molar-refractivity contribution in [3.8, 4) is 0 Å². The van der Waals surface area contributed by atoms with Crippen LogP contribution in [0.25, 0.3) is 4.98 Å². The van der Waals surface area contributed by atoms with Crippen molar-refractivity contribution in [3.05, 3.63) is 4.98 Å². The molecule has 0 spiro atoms. The molecule has 0 aliphatic rings. The van der Waals surface area contributed by atoms with Crippen molar-refractivity contribution in [3.63, 3.8) is 0 Å². The monoisotopic (exact) mass is 1120 g/mol. The Balaban J connectivity index is -0.0000000295. The van der Waals surface area contributed by atoms with Crippen LogP contribution in [-0.2, 0) is 0 Å². The summed E-state index contributed by atoms with van der Waals surface area (Å²) in [6.45, 7) is 27.2. The van der Waals surface area contributed by atoms with Gasteiger partial charge in [-0.05, 0) is 0 Å². The van der Waals surface area contributed by atoms with Crippen molar-refractivity contribution in [2.24, 2.45) is 2.81 Å². The maximum atomic E-state index is 4.98. The minimum atomic E-state index is -1.17. The first-order chi connectivity index (χ1) is 9.75. The van der Waals surface area contributed by atoms with Crippen LogP contribution in [0.3, 0.4) is 0 Å². The van der Waals surface area contributed by atoms with E-state index in [0.29, 0.717) is 16.1 Å². The molecule has 0 aliphatic carbocycles. The van der Waals surface area contributed by atoms with Gasteiger partial charge in [-0.3, -0.25) is 0 Å². The van der Waals surface area contributed by atoms with Gasteiger partial charge in [0.2, 0.25) is 0 Å². The summed E-state index contributed by atoms with van der Waals surface area (Å²) in [7, 11) is -2.30. The predicted octanol–water partition coefficient (Wildman–Crippen LogP) is 0.698. The Bertz CT molecular complexity index is 415. The van der Waals surface area contributed by atoms with Gasteiger partial charge in [-0.15, -0.1) is 5.54 Å². The van der Waals surface area contributed by atoms with Crippen LogP contribution >= 0.6 is 46.4 Å². The average Bonchev–Trinajstić information content (AvgIpc) is 2.08. The van der Waals surface area contributed by atoms with E-state index in [1.54, 1.807) is 0 Å². The van der Waals surface area contributed by atoms with Crippen LogP contribution in [0.4, 0.5) is 0 Å². The molecule has 176 valence electrons. The van der Waals surface area contributed by atoms with Crippen LogP contribution in [0.5, 0.6) is 0 Å². The molecule has 0 aliphatic heterocycles. The Morgan fingerprint density at radius 1 is 0.862 bits per heavy atom. The van der Waals surface area contributed by atoms with Crippen LogP contribution in [0.2, 0.25) is 39.3 Å². The summed E-state index contributed by atoms with van der Waals surface area (Å²) in [5.74, 6) is 0. The summed E-state index contributed by atoms with van der Waals surface area (Å²) in [4.78, 5) is 4.68. The Kier molecular flexibility index (Phi) is 58.7. The molecular formula is C17H48I4Li2N2Si2Te2. The van der Waals surface area contributed by atoms with Gasteiger partial charge in [0.05, 0.1) is 0 Å². The molecular weight excluding hydrogens is 1070 g/mol. The third-order valence-electron chi connectivity index (χ3n) is 1.49. The number of hydrogen-bond donors (Lipinski definition) is 0. The van der Waals surface area contributed by atoms with Crippen molar-refractivity contribution in [1.82, 2.24) is 0 Å². The molecule has 0 unspecified atom stereocenters. The number of hydrogen-bond acceptors (Lipinski definition) is 1. The molecule has 0 rings (SSSR count). The van der Waals surface area contributed by atoms with E-state index in [1.807, 2.05) is 0 Å². The van der Waals surface area contributed by atoms with Crippen LogP contribution in [0, 0.1) is 0 Å². The van der Waals surface area contributed by atoms with Gasteiger partial charge in [0, 0.05) is 0 Å². The van der Waals surface area contributed by atoms with Crippen LogP contribution in [-0.4, -0.2) is 60.9 Å². The zero-order valence-electron chi connectivity index (χ0n) is 19.2. The summed E-state index contributed by atoms with van der Waals surface area (Å²) >= 11 is 6.46. The Morgan fingerprint density at radius 3 is 1.14 bits per heavy atom. The van der Waals surface area contributed by atoms with Crippen molar-refractivity contribution in [2.45, 2.75) is 112 Å². The first-order valence-electron chi connectivity index (χ1n) is 7.48. The molecule has 0 radical (unpaired) electrons. The second-order valence-corrected chi connectivity index (χ2v) is 47.3. The van der Waals surface area contributed by atoms with E-state index in [1.165, 1.54) is 0 Å². The summed E-state index contributed by atoms with van der Waals surface area (Å²) in [6, 6.07) is 0. The second kappa shape index (κ2) is 28.5. The van der Waals surface area contributed by atoms with Gasteiger partial charge in [-0.2, -0.15) is 0 Å². The molecule has 0 aromatic rings. The molecule has 2 nitrogen and oxygen atoms in total. The molecule has 0 bridgehead atoms. The normalized spacial score (nSPS) is 11.3. The number of halogens is 4. The third-order valence-corrected chi connectivity index (χ3v) is 24.7. The average molecular weight is 1110 g/mol. The molecule has 12 heteroatoms. The van der Waals surface area contributed by atoms with E-state index >= 15 is 0 Å². The van der Waals surface area contributed by atoms with Gasteiger partial charge < -0.3 is 29.0 Å². The molecule has 0 saturated carbocycles. The van der Waals surface area contributed by atoms with E-state index < -0.39 is 31.6 Å². The molecule has 0 fully saturated rings. The predicted molar refractivity (Wildman–Crippen MR) is 166 cm³/mol. The van der Waals surface area contributed by atoms with E-state index in [4.69, 9.17) is 2.81 Å². The molecule has 0 saturated heterocycles. The zero-order chi connectivity index (χ0) is 19.7. The molecule has 0 atom stereocenters. The Morgan fingerprint density at radius 2 is 1.10 bits per heavy atom. The van der Waals surface area contributed by atoms with Crippen molar-refractivity contribution < 1.29 is 61.7 Å². The molecule has 0 aromatic heterocycles. The fourth-order valence-electron chi connectivity index (χ4n) is 1.36. The van der Waals surface area contributed by atoms with E-state index in [-0.39, 0.29) is 89.5 Å². The van der Waals surface area contributed by atoms with Crippen molar-refractivity contribution in [1.29, 1.82) is 0 Å². The number of rotatable bonds is 2. The first-order valence-corrected chi connectivity index (χ1v) is 36.3. The number of alkyl halides is 1. The van der Waals surface area contributed by atoms with Gasteiger partial charge in [0.1, 0.15) is 0 Å². The molecule has 0 aromatic carbocycles. The standard InChI is InChI=1S/C7H18INSiTe.C7H18NSi.3CH4.I2Te.HI.2Li/c1-7(2,3)8(11)9-10(4,5)6;1-7(2,3)8-9(4,5)6;;;;1-2-3;;;/h1-6H3;1-6H3;3*1H4;;1H;;/q;-1;;;;;;2*+1/p-1. The Labute approximate surface area is 274 Å². The molecule has 0 N–H and O–H groups in total. The van der Waals surface area contributed by atoms with Crippen LogP contribution < -0.4 is 61.7 Å². The third kappa shape index (κ3) is 65.8. The van der Waals surface area contributed by atoms with Gasteiger partial charge >= 0.3 is 174 Å². The van der Waals surface area contributed by atoms with Crippen LogP contribution in [0.1, 0.15) is 63.8 Å². The minimum absolute atomic E-state index is 0. The van der Waals surface area contributed by atoms with Crippen LogP contribution in [0.15, 0.2) is 2.81 Å². The fraction of sp³-hybridized carbons (Fsp3) is 1.00. The summed E-state index contributed by atoms with van der Waals surface area (Å²) in [6.07, 6.45) is 0. The maximum absolute atomic E-state index is 4.98. The fourth-order valence-corrected chi connectivity index (χ4v) is 22.1. The first kappa shape index (κ1) is 59.8. The molecule has 29 heavy (non-hydrogen) atoms. The molecule has 0 heterocycles. The van der Waals surface area contributed by atoms with Crippen molar-refractivity contribution >= 4 is 98.3 Å². The van der Waals surface area contributed by atoms with Gasteiger partial charge in [0.15, 0.2) is 0 Å². The summed E-state index contributed by atoms with van der Waals surface area (Å²) in [5, 5.41) is 0. The SMILES string of the molecule is C.C.C.CC(C)(C)I(=[Te])=N[Si](C)(C)C.CC(C)(C)[N-][Si](C)(C)C.[I-].[Li+].[Li+].[Te]=II. The topological polar surface area (TPSA) is 26.5 Å². The zero-order valence-corrected chi connectivity index (χ0v) is 34.5. The van der Waals surface area contributed by atoms with E-state index in [9.17, 15) is 0 Å². The summed E-state index contributed by atoms with van der Waals surface area (Å²) < 4.78 is 5.48. The van der Waals surface area contributed by atoms with E-state index in [2.05, 4.69) is 140 Å². The quantitative estimate of drug-likeness (QED) is 0.222. The van der Waals surface area contributed by atoms with Gasteiger partial charge in [-0.1, -0.05) is 70.9 Å². The Hall–Kier alpha value is 5.89. The van der Waals surface area contributed by atoms with Gasteiger partial charge in [0.25, 0.3) is 0 Å². The second-order valence-electron chi connectivity index (χ2n) is 9.06. The van der Waals surface area contributed by atoms with Gasteiger partial charge in [-0.25, -0.2) is 0 Å². The number of nitrogens with zero attached hydrogens (tertiary/aromatic N) is 2. The summed E-state index contributed by atoms with van der Waals surface area (Å²) in [5.41, 5.74) is 0.171.